The normalized spacial score (nSPS) is 27.8. The monoisotopic (exact) mass is 495 g/mol. The highest BCUT2D eigenvalue weighted by Gasteiger charge is 2.73. The van der Waals surface area contributed by atoms with Crippen LogP contribution in [0.3, 0.4) is 0 Å². The van der Waals surface area contributed by atoms with Gasteiger partial charge < -0.3 is 9.47 Å². The first-order valence-corrected chi connectivity index (χ1v) is 12.1. The van der Waals surface area contributed by atoms with Gasteiger partial charge in [0.2, 0.25) is 11.8 Å². The molecule has 3 heterocycles. The third-order valence-corrected chi connectivity index (χ3v) is 8.13. The lowest BCUT2D eigenvalue weighted by molar-refractivity contribution is -0.131. The van der Waals surface area contributed by atoms with Crippen LogP contribution in [0.25, 0.3) is 10.8 Å². The molecule has 0 aromatic heterocycles. The number of carbonyl (C=O) groups is 2. The maximum absolute atomic E-state index is 14.0. The first-order chi connectivity index (χ1) is 17.8. The number of fused-ring (bicyclic) bond motifs is 6. The zero-order chi connectivity index (χ0) is 25.9. The molecule has 0 saturated carbocycles. The molecule has 2 bridgehead atoms. The lowest BCUT2D eigenvalue weighted by atomic mass is 9.67. The van der Waals surface area contributed by atoms with Crippen molar-refractivity contribution in [1.29, 1.82) is 10.5 Å². The van der Waals surface area contributed by atoms with Crippen LogP contribution >= 0.6 is 0 Å². The Balaban J connectivity index is 1.31. The fourth-order valence-corrected chi connectivity index (χ4v) is 6.44. The predicted octanol–water partition coefficient (Wildman–Crippen LogP) is 4.62. The number of hydrogen-bond acceptors (Lipinski definition) is 6. The molecule has 37 heavy (non-hydrogen) atoms. The standard InChI is InChI=1S/C29H22FN3O4/c1-28-10-11-29(37-28,12-13-36-19-8-6-18(16-32)22(30)14-19)25-24(28)26(34)33(27(25)35)23-9-7-17(15-31)20-4-2-3-5-21(20)23/h2-9,14,24-25H,10-13H2,1H3/t24-,25+,28-,29-/m0/s1. The number of amides is 2. The first kappa shape index (κ1) is 23.1. The van der Waals surface area contributed by atoms with Crippen LogP contribution in [0.1, 0.15) is 37.3 Å². The van der Waals surface area contributed by atoms with Crippen molar-refractivity contribution in [3.63, 3.8) is 0 Å². The third-order valence-electron chi connectivity index (χ3n) is 8.13. The molecule has 3 aromatic carbocycles. The van der Waals surface area contributed by atoms with E-state index in [4.69, 9.17) is 14.7 Å². The highest BCUT2D eigenvalue weighted by Crippen LogP contribution is 2.62. The van der Waals surface area contributed by atoms with Crippen LogP contribution in [0.15, 0.2) is 54.6 Å². The largest absolute Gasteiger partial charge is 0.493 e. The van der Waals surface area contributed by atoms with Crippen LogP contribution in [0.4, 0.5) is 10.1 Å². The quantitative estimate of drug-likeness (QED) is 0.479. The van der Waals surface area contributed by atoms with Gasteiger partial charge in [-0.25, -0.2) is 9.29 Å². The number of nitrogens with zero attached hydrogens (tertiary/aromatic N) is 3. The second-order valence-corrected chi connectivity index (χ2v) is 10.1. The van der Waals surface area contributed by atoms with Crippen LogP contribution in [0.5, 0.6) is 5.75 Å². The molecule has 7 nitrogen and oxygen atoms in total. The van der Waals surface area contributed by atoms with Gasteiger partial charge in [0.1, 0.15) is 17.6 Å². The van der Waals surface area contributed by atoms with Gasteiger partial charge in [-0.3, -0.25) is 9.59 Å². The molecule has 3 saturated heterocycles. The second kappa shape index (κ2) is 8.12. The molecule has 0 N–H and O–H groups in total. The summed E-state index contributed by atoms with van der Waals surface area (Å²) in [5.74, 6) is -2.25. The van der Waals surface area contributed by atoms with E-state index < -0.39 is 28.9 Å². The third kappa shape index (κ3) is 3.26. The van der Waals surface area contributed by atoms with E-state index in [1.165, 1.54) is 17.0 Å². The predicted molar refractivity (Wildman–Crippen MR) is 131 cm³/mol. The van der Waals surface area contributed by atoms with E-state index in [2.05, 4.69) is 6.07 Å². The van der Waals surface area contributed by atoms with E-state index >= 15 is 0 Å². The van der Waals surface area contributed by atoms with Crippen LogP contribution in [-0.2, 0) is 14.3 Å². The van der Waals surface area contributed by atoms with Gasteiger partial charge in [0.25, 0.3) is 0 Å². The summed E-state index contributed by atoms with van der Waals surface area (Å²) in [7, 11) is 0. The molecule has 0 aliphatic carbocycles. The van der Waals surface area contributed by atoms with E-state index in [9.17, 15) is 19.2 Å². The Labute approximate surface area is 212 Å². The molecule has 6 rings (SSSR count). The first-order valence-electron chi connectivity index (χ1n) is 12.1. The van der Waals surface area contributed by atoms with Crippen molar-refractivity contribution < 1.29 is 23.5 Å². The smallest absolute Gasteiger partial charge is 0.240 e. The lowest BCUT2D eigenvalue weighted by Gasteiger charge is -2.31. The van der Waals surface area contributed by atoms with E-state index in [0.29, 0.717) is 41.3 Å². The molecular weight excluding hydrogens is 473 g/mol. The van der Waals surface area contributed by atoms with Crippen molar-refractivity contribution in [2.24, 2.45) is 11.8 Å². The summed E-state index contributed by atoms with van der Waals surface area (Å²) in [6, 6.07) is 18.6. The van der Waals surface area contributed by atoms with E-state index in [-0.39, 0.29) is 29.7 Å². The van der Waals surface area contributed by atoms with Crippen molar-refractivity contribution >= 4 is 28.3 Å². The number of imide groups is 1. The van der Waals surface area contributed by atoms with Gasteiger partial charge in [0.05, 0.1) is 52.5 Å². The number of benzene rings is 3. The Morgan fingerprint density at radius 3 is 2.43 bits per heavy atom. The number of rotatable bonds is 5. The van der Waals surface area contributed by atoms with Gasteiger partial charge in [0.15, 0.2) is 0 Å². The van der Waals surface area contributed by atoms with Crippen molar-refractivity contribution in [1.82, 2.24) is 0 Å². The van der Waals surface area contributed by atoms with Crippen molar-refractivity contribution in [3.8, 4) is 17.9 Å². The molecule has 0 spiro atoms. The second-order valence-electron chi connectivity index (χ2n) is 10.1. The van der Waals surface area contributed by atoms with E-state index in [1.54, 1.807) is 18.2 Å². The topological polar surface area (TPSA) is 103 Å². The minimum absolute atomic E-state index is 0.0649. The molecule has 0 radical (unpaired) electrons. The van der Waals surface area contributed by atoms with Crippen LogP contribution in [0, 0.1) is 40.3 Å². The number of anilines is 1. The average molecular weight is 496 g/mol. The fourth-order valence-electron chi connectivity index (χ4n) is 6.44. The van der Waals surface area contributed by atoms with Crippen LogP contribution in [-0.4, -0.2) is 29.6 Å². The zero-order valence-corrected chi connectivity index (χ0v) is 20.0. The van der Waals surface area contributed by atoms with Gasteiger partial charge in [-0.1, -0.05) is 24.3 Å². The van der Waals surface area contributed by atoms with Gasteiger partial charge in [-0.05, 0) is 44.0 Å². The maximum Gasteiger partial charge on any atom is 0.240 e. The van der Waals surface area contributed by atoms with Crippen molar-refractivity contribution in [2.45, 2.75) is 37.4 Å². The molecular formula is C29H22FN3O4. The molecule has 3 aromatic rings. The number of carbonyl (C=O) groups excluding carboxylic acids is 2. The van der Waals surface area contributed by atoms with Gasteiger partial charge in [-0.15, -0.1) is 0 Å². The average Bonchev–Trinajstić information content (AvgIpc) is 3.48. The Bertz CT molecular complexity index is 1570. The molecule has 3 aliphatic heterocycles. The summed E-state index contributed by atoms with van der Waals surface area (Å²) in [4.78, 5) is 29.0. The number of nitriles is 2. The summed E-state index contributed by atoms with van der Waals surface area (Å²) < 4.78 is 26.2. The summed E-state index contributed by atoms with van der Waals surface area (Å²) in [5, 5.41) is 19.8. The van der Waals surface area contributed by atoms with Gasteiger partial charge >= 0.3 is 0 Å². The number of halogens is 1. The highest BCUT2D eigenvalue weighted by molar-refractivity contribution is 6.26. The SMILES string of the molecule is C[C@@]12CC[C@@](CCOc3ccc(C#N)c(F)c3)(O1)[C@H]1C(=O)N(c3ccc(C#N)c4ccccc34)C(=O)[C@H]12. The highest BCUT2D eigenvalue weighted by atomic mass is 19.1. The molecule has 4 atom stereocenters. The molecule has 8 heteroatoms. The summed E-state index contributed by atoms with van der Waals surface area (Å²) >= 11 is 0. The molecule has 184 valence electrons. The van der Waals surface area contributed by atoms with E-state index in [0.717, 1.165) is 6.07 Å². The molecule has 0 unspecified atom stereocenters. The molecule has 3 aliphatic rings. The van der Waals surface area contributed by atoms with Crippen LogP contribution < -0.4 is 9.64 Å². The Morgan fingerprint density at radius 2 is 1.70 bits per heavy atom. The van der Waals surface area contributed by atoms with E-state index in [1.807, 2.05) is 31.2 Å². The Kier molecular flexibility index (Phi) is 5.08. The van der Waals surface area contributed by atoms with Crippen molar-refractivity contribution in [3.05, 3.63) is 71.5 Å². The Hall–Kier alpha value is -4.27. The van der Waals surface area contributed by atoms with Gasteiger partial charge in [0, 0.05) is 23.3 Å². The molecule has 3 fully saturated rings. The minimum atomic E-state index is -0.867. The number of ether oxygens (including phenoxy) is 2. The summed E-state index contributed by atoms with van der Waals surface area (Å²) in [6.07, 6.45) is 1.60. The lowest BCUT2D eigenvalue weighted by Crippen LogP contribution is -2.43. The maximum atomic E-state index is 14.0. The Morgan fingerprint density at radius 1 is 1.00 bits per heavy atom. The van der Waals surface area contributed by atoms with Gasteiger partial charge in [-0.2, -0.15) is 10.5 Å². The number of hydrogen-bond donors (Lipinski definition) is 0. The minimum Gasteiger partial charge on any atom is -0.493 e. The fraction of sp³-hybridized carbons (Fsp3) is 0.310. The summed E-state index contributed by atoms with van der Waals surface area (Å²) in [6.45, 7) is 2.05. The summed E-state index contributed by atoms with van der Waals surface area (Å²) in [5.41, 5.74) is -0.753. The zero-order valence-electron chi connectivity index (χ0n) is 20.0. The van der Waals surface area contributed by atoms with Crippen LogP contribution in [0.2, 0.25) is 0 Å². The van der Waals surface area contributed by atoms with Crippen molar-refractivity contribution in [2.75, 3.05) is 11.5 Å². The molecule has 2 amide bonds.